The van der Waals surface area contributed by atoms with Crippen LogP contribution >= 0.6 is 0 Å². The van der Waals surface area contributed by atoms with Crippen LogP contribution in [-0.4, -0.2) is 12.3 Å². The van der Waals surface area contributed by atoms with E-state index in [1.165, 1.54) is 5.56 Å². The summed E-state index contributed by atoms with van der Waals surface area (Å²) in [5.41, 5.74) is 8.08. The molecule has 0 unspecified atom stereocenters. The Balaban J connectivity index is 2.05. The number of benzene rings is 1. The molecule has 98 valence electrons. The molecule has 0 radical (unpaired) electrons. The smallest absolute Gasteiger partial charge is 0.144 e. The zero-order chi connectivity index (χ0) is 13.4. The van der Waals surface area contributed by atoms with E-state index in [-0.39, 0.29) is 10.8 Å². The quantitative estimate of drug-likeness (QED) is 0.886. The normalized spacial score (nSPS) is 17.6. The van der Waals surface area contributed by atoms with Crippen LogP contribution in [0.25, 0.3) is 0 Å². The summed E-state index contributed by atoms with van der Waals surface area (Å²) in [5, 5.41) is 0. The molecular formula is C16H23NO. The lowest BCUT2D eigenvalue weighted by Crippen LogP contribution is -2.26. The Hall–Kier alpha value is -1.15. The molecule has 0 atom stereocenters. The summed E-state index contributed by atoms with van der Waals surface area (Å²) in [4.78, 5) is 12.1. The molecule has 2 heteroatoms. The van der Waals surface area contributed by atoms with Crippen LogP contribution in [0.1, 0.15) is 44.7 Å². The summed E-state index contributed by atoms with van der Waals surface area (Å²) in [6.45, 7) is 7.09. The number of ketones is 1. The van der Waals surface area contributed by atoms with Gasteiger partial charge in [0.1, 0.15) is 5.78 Å². The van der Waals surface area contributed by atoms with Crippen LogP contribution in [0.15, 0.2) is 24.3 Å². The second-order valence-corrected chi connectivity index (χ2v) is 6.53. The molecule has 0 bridgehead atoms. The highest BCUT2D eigenvalue weighted by molar-refractivity contribution is 5.89. The minimum Gasteiger partial charge on any atom is -0.329 e. The van der Waals surface area contributed by atoms with Gasteiger partial charge in [-0.1, -0.05) is 45.0 Å². The first-order valence-electron chi connectivity index (χ1n) is 6.70. The van der Waals surface area contributed by atoms with E-state index < -0.39 is 0 Å². The molecule has 0 saturated heterocycles. The van der Waals surface area contributed by atoms with Crippen molar-refractivity contribution in [2.45, 2.75) is 45.4 Å². The second kappa shape index (κ2) is 4.51. The summed E-state index contributed by atoms with van der Waals surface area (Å²) in [7, 11) is 0. The lowest BCUT2D eigenvalue weighted by atomic mass is 9.86. The van der Waals surface area contributed by atoms with Gasteiger partial charge in [0, 0.05) is 18.4 Å². The van der Waals surface area contributed by atoms with Gasteiger partial charge in [-0.3, -0.25) is 4.79 Å². The van der Waals surface area contributed by atoms with Crippen LogP contribution in [0.5, 0.6) is 0 Å². The van der Waals surface area contributed by atoms with Gasteiger partial charge in [-0.05, 0) is 29.4 Å². The van der Waals surface area contributed by atoms with E-state index in [9.17, 15) is 4.79 Å². The van der Waals surface area contributed by atoms with Crippen molar-refractivity contribution in [3.63, 3.8) is 0 Å². The van der Waals surface area contributed by atoms with E-state index >= 15 is 0 Å². The van der Waals surface area contributed by atoms with Gasteiger partial charge in [-0.25, -0.2) is 0 Å². The van der Waals surface area contributed by atoms with E-state index in [0.29, 0.717) is 18.7 Å². The molecule has 1 fully saturated rings. The molecule has 0 aliphatic heterocycles. The lowest BCUT2D eigenvalue weighted by molar-refractivity contribution is -0.123. The SMILES string of the molecule is CC(C)(C)c1ccc(CC(=O)C2(CN)CC2)cc1. The number of hydrogen-bond donors (Lipinski definition) is 1. The summed E-state index contributed by atoms with van der Waals surface area (Å²) in [6, 6.07) is 8.41. The fourth-order valence-corrected chi connectivity index (χ4v) is 2.24. The van der Waals surface area contributed by atoms with Gasteiger partial charge in [-0.15, -0.1) is 0 Å². The summed E-state index contributed by atoms with van der Waals surface area (Å²) in [5.74, 6) is 0.313. The highest BCUT2D eigenvalue weighted by Gasteiger charge is 2.47. The Kier molecular flexibility index (Phi) is 3.33. The topological polar surface area (TPSA) is 43.1 Å². The Labute approximate surface area is 110 Å². The van der Waals surface area contributed by atoms with E-state index in [1.54, 1.807) is 0 Å². The average molecular weight is 245 g/mol. The van der Waals surface area contributed by atoms with Crippen LogP contribution in [-0.2, 0) is 16.6 Å². The van der Waals surface area contributed by atoms with Gasteiger partial charge in [0.2, 0.25) is 0 Å². The van der Waals surface area contributed by atoms with Crippen molar-refractivity contribution in [3.8, 4) is 0 Å². The Morgan fingerprint density at radius 1 is 1.22 bits per heavy atom. The van der Waals surface area contributed by atoms with Gasteiger partial charge in [0.15, 0.2) is 0 Å². The zero-order valence-corrected chi connectivity index (χ0v) is 11.6. The molecule has 2 nitrogen and oxygen atoms in total. The third-order valence-electron chi connectivity index (χ3n) is 4.02. The van der Waals surface area contributed by atoms with Crippen molar-refractivity contribution in [3.05, 3.63) is 35.4 Å². The highest BCUT2D eigenvalue weighted by Crippen LogP contribution is 2.46. The Morgan fingerprint density at radius 3 is 2.17 bits per heavy atom. The maximum absolute atomic E-state index is 12.1. The van der Waals surface area contributed by atoms with Crippen LogP contribution in [0, 0.1) is 5.41 Å². The molecule has 18 heavy (non-hydrogen) atoms. The summed E-state index contributed by atoms with van der Waals surface area (Å²) < 4.78 is 0. The fourth-order valence-electron chi connectivity index (χ4n) is 2.24. The van der Waals surface area contributed by atoms with Crippen LogP contribution in [0.2, 0.25) is 0 Å². The maximum atomic E-state index is 12.1. The average Bonchev–Trinajstić information content (AvgIpc) is 3.09. The van der Waals surface area contributed by atoms with Crippen LogP contribution in [0.4, 0.5) is 0 Å². The molecule has 0 aromatic heterocycles. The molecule has 0 spiro atoms. The van der Waals surface area contributed by atoms with Crippen molar-refractivity contribution in [2.75, 3.05) is 6.54 Å². The minimum atomic E-state index is -0.178. The summed E-state index contributed by atoms with van der Waals surface area (Å²) in [6.07, 6.45) is 2.48. The number of nitrogens with two attached hydrogens (primary N) is 1. The van der Waals surface area contributed by atoms with Gasteiger partial charge < -0.3 is 5.73 Å². The molecule has 2 N–H and O–H groups in total. The van der Waals surface area contributed by atoms with Gasteiger partial charge in [0.25, 0.3) is 0 Å². The van der Waals surface area contributed by atoms with E-state index in [2.05, 4.69) is 45.0 Å². The predicted octanol–water partition coefficient (Wildman–Crippen LogP) is 2.83. The second-order valence-electron chi connectivity index (χ2n) is 6.53. The van der Waals surface area contributed by atoms with Crippen LogP contribution in [0.3, 0.4) is 0 Å². The van der Waals surface area contributed by atoms with Crippen molar-refractivity contribution in [1.29, 1.82) is 0 Å². The summed E-state index contributed by atoms with van der Waals surface area (Å²) >= 11 is 0. The molecule has 1 aliphatic rings. The van der Waals surface area contributed by atoms with E-state index in [4.69, 9.17) is 5.73 Å². The molecule has 1 aliphatic carbocycles. The predicted molar refractivity (Wildman–Crippen MR) is 74.6 cm³/mol. The maximum Gasteiger partial charge on any atom is 0.144 e. The minimum absolute atomic E-state index is 0.164. The zero-order valence-electron chi connectivity index (χ0n) is 11.6. The van der Waals surface area contributed by atoms with Crippen molar-refractivity contribution < 1.29 is 4.79 Å². The lowest BCUT2D eigenvalue weighted by Gasteiger charge is -2.19. The molecular weight excluding hydrogens is 222 g/mol. The fraction of sp³-hybridized carbons (Fsp3) is 0.562. The molecule has 0 amide bonds. The standard InChI is InChI=1S/C16H23NO/c1-15(2,3)13-6-4-12(5-7-13)10-14(18)16(11-17)8-9-16/h4-7H,8-11,17H2,1-3H3. The van der Waals surface area contributed by atoms with Crippen molar-refractivity contribution >= 4 is 5.78 Å². The van der Waals surface area contributed by atoms with Gasteiger partial charge in [0.05, 0.1) is 0 Å². The molecule has 0 heterocycles. The monoisotopic (exact) mass is 245 g/mol. The third kappa shape index (κ3) is 2.64. The number of hydrogen-bond acceptors (Lipinski definition) is 2. The van der Waals surface area contributed by atoms with Crippen molar-refractivity contribution in [1.82, 2.24) is 0 Å². The van der Waals surface area contributed by atoms with E-state index in [0.717, 1.165) is 18.4 Å². The van der Waals surface area contributed by atoms with E-state index in [1.807, 2.05) is 0 Å². The highest BCUT2D eigenvalue weighted by atomic mass is 16.1. The first-order valence-corrected chi connectivity index (χ1v) is 6.70. The third-order valence-corrected chi connectivity index (χ3v) is 4.02. The number of carbonyl (C=O) groups is 1. The first kappa shape index (κ1) is 13.3. The number of Topliss-reactive ketones (excluding diaryl/α,β-unsaturated/α-hetero) is 1. The number of rotatable bonds is 4. The molecule has 1 saturated carbocycles. The van der Waals surface area contributed by atoms with Gasteiger partial charge in [-0.2, -0.15) is 0 Å². The first-order chi connectivity index (χ1) is 8.37. The molecule has 1 aromatic rings. The molecule has 1 aromatic carbocycles. The Morgan fingerprint density at radius 2 is 1.78 bits per heavy atom. The number of carbonyl (C=O) groups excluding carboxylic acids is 1. The Bertz CT molecular complexity index is 435. The van der Waals surface area contributed by atoms with Gasteiger partial charge >= 0.3 is 0 Å². The van der Waals surface area contributed by atoms with Crippen LogP contribution < -0.4 is 5.73 Å². The molecule has 2 rings (SSSR count). The largest absolute Gasteiger partial charge is 0.329 e. The van der Waals surface area contributed by atoms with Crippen molar-refractivity contribution in [2.24, 2.45) is 11.1 Å².